The molecule has 0 atom stereocenters. The fourth-order valence-corrected chi connectivity index (χ4v) is 3.07. The first-order chi connectivity index (χ1) is 11.3. The van der Waals surface area contributed by atoms with Crippen molar-refractivity contribution in [3.05, 3.63) is 78.5 Å². The van der Waals surface area contributed by atoms with Gasteiger partial charge in [-0.3, -0.25) is 9.97 Å². The van der Waals surface area contributed by atoms with Crippen molar-refractivity contribution in [2.75, 3.05) is 0 Å². The SMILES string of the molecule is Cc1ccncc1-c1cccc2c1ccn2-c1cnccc1C. The van der Waals surface area contributed by atoms with Crippen molar-refractivity contribution in [1.82, 2.24) is 14.5 Å². The molecule has 1 aromatic carbocycles. The van der Waals surface area contributed by atoms with Gasteiger partial charge in [-0.05, 0) is 54.8 Å². The third-order valence-electron chi connectivity index (χ3n) is 4.33. The predicted molar refractivity (Wildman–Crippen MR) is 93.8 cm³/mol. The third kappa shape index (κ3) is 2.21. The summed E-state index contributed by atoms with van der Waals surface area (Å²) in [6.07, 6.45) is 9.63. The van der Waals surface area contributed by atoms with Crippen LogP contribution in [-0.4, -0.2) is 14.5 Å². The van der Waals surface area contributed by atoms with Crippen LogP contribution in [0.25, 0.3) is 27.7 Å². The molecule has 0 saturated heterocycles. The summed E-state index contributed by atoms with van der Waals surface area (Å²) in [5.74, 6) is 0. The first kappa shape index (κ1) is 13.7. The number of hydrogen-bond acceptors (Lipinski definition) is 2. The van der Waals surface area contributed by atoms with Crippen LogP contribution in [0.15, 0.2) is 67.4 Å². The van der Waals surface area contributed by atoms with E-state index in [1.165, 1.54) is 33.2 Å². The number of hydrogen-bond donors (Lipinski definition) is 0. The summed E-state index contributed by atoms with van der Waals surface area (Å²) in [6.45, 7) is 4.23. The van der Waals surface area contributed by atoms with E-state index in [0.717, 1.165) is 5.69 Å². The molecule has 4 rings (SSSR count). The van der Waals surface area contributed by atoms with Crippen LogP contribution >= 0.6 is 0 Å². The zero-order valence-corrected chi connectivity index (χ0v) is 13.2. The highest BCUT2D eigenvalue weighted by Gasteiger charge is 2.11. The molecule has 0 radical (unpaired) electrons. The molecule has 3 nitrogen and oxygen atoms in total. The maximum Gasteiger partial charge on any atom is 0.0668 e. The minimum absolute atomic E-state index is 1.11. The quantitative estimate of drug-likeness (QED) is 0.537. The molecule has 0 spiro atoms. The van der Waals surface area contributed by atoms with Crippen LogP contribution in [0.4, 0.5) is 0 Å². The Morgan fingerprint density at radius 2 is 1.57 bits per heavy atom. The van der Waals surface area contributed by atoms with Gasteiger partial charge in [0.1, 0.15) is 0 Å². The number of pyridine rings is 2. The van der Waals surface area contributed by atoms with E-state index in [1.54, 1.807) is 0 Å². The molecule has 0 amide bonds. The van der Waals surface area contributed by atoms with Crippen molar-refractivity contribution in [3.8, 4) is 16.8 Å². The lowest BCUT2D eigenvalue weighted by Crippen LogP contribution is -1.96. The van der Waals surface area contributed by atoms with E-state index < -0.39 is 0 Å². The van der Waals surface area contributed by atoms with Crippen molar-refractivity contribution in [1.29, 1.82) is 0 Å². The molecule has 4 aromatic rings. The normalized spacial score (nSPS) is 11.0. The van der Waals surface area contributed by atoms with Crippen molar-refractivity contribution < 1.29 is 0 Å². The maximum absolute atomic E-state index is 4.29. The van der Waals surface area contributed by atoms with Crippen molar-refractivity contribution in [2.24, 2.45) is 0 Å². The second-order valence-electron chi connectivity index (χ2n) is 5.78. The Morgan fingerprint density at radius 3 is 2.35 bits per heavy atom. The number of benzene rings is 1. The van der Waals surface area contributed by atoms with E-state index in [4.69, 9.17) is 0 Å². The number of aryl methyl sites for hydroxylation is 2. The highest BCUT2D eigenvalue weighted by Crippen LogP contribution is 2.32. The Hall–Kier alpha value is -2.94. The lowest BCUT2D eigenvalue weighted by molar-refractivity contribution is 1.07. The highest BCUT2D eigenvalue weighted by atomic mass is 15.0. The topological polar surface area (TPSA) is 30.7 Å². The second kappa shape index (κ2) is 5.36. The average molecular weight is 299 g/mol. The molecule has 112 valence electrons. The molecular formula is C20H17N3. The summed E-state index contributed by atoms with van der Waals surface area (Å²) in [5.41, 5.74) is 7.13. The van der Waals surface area contributed by atoms with Crippen LogP contribution in [0.3, 0.4) is 0 Å². The molecule has 0 aliphatic rings. The number of rotatable bonds is 2. The van der Waals surface area contributed by atoms with Crippen molar-refractivity contribution in [3.63, 3.8) is 0 Å². The zero-order valence-electron chi connectivity index (χ0n) is 13.2. The molecular weight excluding hydrogens is 282 g/mol. The van der Waals surface area contributed by atoms with Gasteiger partial charge in [-0.2, -0.15) is 0 Å². The molecule has 0 saturated carbocycles. The fraction of sp³-hybridized carbons (Fsp3) is 0.100. The van der Waals surface area contributed by atoms with Gasteiger partial charge in [0, 0.05) is 35.7 Å². The molecule has 0 N–H and O–H groups in total. The van der Waals surface area contributed by atoms with Gasteiger partial charge >= 0.3 is 0 Å². The van der Waals surface area contributed by atoms with Crippen LogP contribution in [0.2, 0.25) is 0 Å². The first-order valence-electron chi connectivity index (χ1n) is 7.68. The monoisotopic (exact) mass is 299 g/mol. The molecule has 3 heteroatoms. The van der Waals surface area contributed by atoms with Crippen molar-refractivity contribution >= 4 is 10.9 Å². The van der Waals surface area contributed by atoms with Crippen LogP contribution in [-0.2, 0) is 0 Å². The van der Waals surface area contributed by atoms with Gasteiger partial charge in [-0.1, -0.05) is 12.1 Å². The average Bonchev–Trinajstić information content (AvgIpc) is 3.00. The summed E-state index contributed by atoms with van der Waals surface area (Å²) in [6, 6.07) is 12.7. The molecule has 0 fully saturated rings. The van der Waals surface area contributed by atoms with Crippen LogP contribution in [0.1, 0.15) is 11.1 Å². The Morgan fingerprint density at radius 1 is 0.783 bits per heavy atom. The van der Waals surface area contributed by atoms with Gasteiger partial charge in [0.05, 0.1) is 17.4 Å². The molecule has 23 heavy (non-hydrogen) atoms. The fourth-order valence-electron chi connectivity index (χ4n) is 3.07. The largest absolute Gasteiger partial charge is 0.315 e. The van der Waals surface area contributed by atoms with Gasteiger partial charge in [0.2, 0.25) is 0 Å². The van der Waals surface area contributed by atoms with Gasteiger partial charge in [0.25, 0.3) is 0 Å². The van der Waals surface area contributed by atoms with Crippen LogP contribution < -0.4 is 0 Å². The summed E-state index contributed by atoms with van der Waals surface area (Å²) in [5, 5.41) is 1.23. The van der Waals surface area contributed by atoms with Gasteiger partial charge in [-0.25, -0.2) is 0 Å². The smallest absolute Gasteiger partial charge is 0.0668 e. The van der Waals surface area contributed by atoms with E-state index >= 15 is 0 Å². The highest BCUT2D eigenvalue weighted by molar-refractivity contribution is 5.96. The number of aromatic nitrogens is 3. The van der Waals surface area contributed by atoms with E-state index in [-0.39, 0.29) is 0 Å². The lowest BCUT2D eigenvalue weighted by atomic mass is 10.00. The number of nitrogens with zero attached hydrogens (tertiary/aromatic N) is 3. The standard InChI is InChI=1S/C20H17N3/c1-14-6-9-21-12-18(14)16-4-3-5-19-17(16)8-11-23(19)20-13-22-10-7-15(20)2/h3-13H,1-2H3. The minimum Gasteiger partial charge on any atom is -0.315 e. The molecule has 0 bridgehead atoms. The molecule has 0 aliphatic carbocycles. The van der Waals surface area contributed by atoms with E-state index in [1.807, 2.05) is 30.9 Å². The Labute approximate surface area is 135 Å². The second-order valence-corrected chi connectivity index (χ2v) is 5.78. The van der Waals surface area contributed by atoms with Gasteiger partial charge < -0.3 is 4.57 Å². The Kier molecular flexibility index (Phi) is 3.19. The molecule has 3 aromatic heterocycles. The Bertz CT molecular complexity index is 999. The number of fused-ring (bicyclic) bond motifs is 1. The zero-order chi connectivity index (χ0) is 15.8. The van der Waals surface area contributed by atoms with Crippen LogP contribution in [0, 0.1) is 13.8 Å². The summed E-state index contributed by atoms with van der Waals surface area (Å²) < 4.78 is 2.20. The molecule has 3 heterocycles. The van der Waals surface area contributed by atoms with Gasteiger partial charge in [-0.15, -0.1) is 0 Å². The lowest BCUT2D eigenvalue weighted by Gasteiger charge is -2.10. The van der Waals surface area contributed by atoms with Gasteiger partial charge in [0.15, 0.2) is 0 Å². The van der Waals surface area contributed by atoms with E-state index in [9.17, 15) is 0 Å². The minimum atomic E-state index is 1.11. The van der Waals surface area contributed by atoms with Crippen LogP contribution in [0.5, 0.6) is 0 Å². The van der Waals surface area contributed by atoms with E-state index in [0.29, 0.717) is 0 Å². The summed E-state index contributed by atoms with van der Waals surface area (Å²) >= 11 is 0. The first-order valence-corrected chi connectivity index (χ1v) is 7.68. The maximum atomic E-state index is 4.29. The summed E-state index contributed by atoms with van der Waals surface area (Å²) in [7, 11) is 0. The summed E-state index contributed by atoms with van der Waals surface area (Å²) in [4.78, 5) is 8.56. The Balaban J connectivity index is 1.98. The molecule has 0 unspecified atom stereocenters. The molecule has 0 aliphatic heterocycles. The van der Waals surface area contributed by atoms with Crippen molar-refractivity contribution in [2.45, 2.75) is 13.8 Å². The predicted octanol–water partition coefficient (Wildman–Crippen LogP) is 4.70. The van der Waals surface area contributed by atoms with E-state index in [2.05, 4.69) is 64.9 Å². The third-order valence-corrected chi connectivity index (χ3v) is 4.33.